The zero-order valence-electron chi connectivity index (χ0n) is 10.1. The molecule has 2 rings (SSSR count). The summed E-state index contributed by atoms with van der Waals surface area (Å²) in [6.07, 6.45) is 5.63. The van der Waals surface area contributed by atoms with Crippen LogP contribution in [0, 0.1) is 12.3 Å². The van der Waals surface area contributed by atoms with Crippen LogP contribution in [0.2, 0.25) is 0 Å². The van der Waals surface area contributed by atoms with Crippen molar-refractivity contribution in [3.8, 4) is 18.1 Å². The SMILES string of the molecule is C#CCC(O)(c1ccc(OC)cc1)c1cccs1. The summed E-state index contributed by atoms with van der Waals surface area (Å²) in [5, 5.41) is 12.8. The van der Waals surface area contributed by atoms with Gasteiger partial charge in [-0.05, 0) is 29.1 Å². The molecule has 92 valence electrons. The molecule has 2 aromatic rings. The van der Waals surface area contributed by atoms with Gasteiger partial charge in [-0.1, -0.05) is 18.2 Å². The molecule has 0 fully saturated rings. The molecule has 1 aromatic heterocycles. The summed E-state index contributed by atoms with van der Waals surface area (Å²) >= 11 is 1.50. The van der Waals surface area contributed by atoms with Crippen molar-refractivity contribution < 1.29 is 9.84 Å². The van der Waals surface area contributed by atoms with Crippen LogP contribution >= 0.6 is 11.3 Å². The van der Waals surface area contributed by atoms with Crippen molar-refractivity contribution in [2.75, 3.05) is 7.11 Å². The van der Waals surface area contributed by atoms with E-state index in [-0.39, 0.29) is 6.42 Å². The van der Waals surface area contributed by atoms with Crippen molar-refractivity contribution in [1.82, 2.24) is 0 Å². The normalized spacial score (nSPS) is 13.6. The van der Waals surface area contributed by atoms with Crippen molar-refractivity contribution in [3.05, 3.63) is 52.2 Å². The van der Waals surface area contributed by atoms with Gasteiger partial charge in [0.05, 0.1) is 7.11 Å². The molecule has 2 nitrogen and oxygen atoms in total. The van der Waals surface area contributed by atoms with Crippen molar-refractivity contribution in [1.29, 1.82) is 0 Å². The third kappa shape index (κ3) is 2.26. The van der Waals surface area contributed by atoms with E-state index in [4.69, 9.17) is 11.2 Å². The van der Waals surface area contributed by atoms with Crippen LogP contribution in [0.15, 0.2) is 41.8 Å². The monoisotopic (exact) mass is 258 g/mol. The van der Waals surface area contributed by atoms with Gasteiger partial charge in [0.2, 0.25) is 0 Å². The minimum absolute atomic E-state index is 0.250. The highest BCUT2D eigenvalue weighted by molar-refractivity contribution is 7.10. The van der Waals surface area contributed by atoms with E-state index in [9.17, 15) is 5.11 Å². The second kappa shape index (κ2) is 5.26. The van der Waals surface area contributed by atoms with E-state index < -0.39 is 5.60 Å². The van der Waals surface area contributed by atoms with Gasteiger partial charge in [0.15, 0.2) is 0 Å². The van der Waals surface area contributed by atoms with E-state index >= 15 is 0 Å². The van der Waals surface area contributed by atoms with Crippen molar-refractivity contribution in [3.63, 3.8) is 0 Å². The molecule has 0 bridgehead atoms. The average Bonchev–Trinajstić information content (AvgIpc) is 2.93. The molecule has 18 heavy (non-hydrogen) atoms. The maximum absolute atomic E-state index is 10.8. The van der Waals surface area contributed by atoms with Crippen LogP contribution in [0.25, 0.3) is 0 Å². The number of hydrogen-bond donors (Lipinski definition) is 1. The summed E-state index contributed by atoms with van der Waals surface area (Å²) in [4.78, 5) is 0.852. The highest BCUT2D eigenvalue weighted by atomic mass is 32.1. The number of thiophene rings is 1. The summed E-state index contributed by atoms with van der Waals surface area (Å²) in [7, 11) is 1.61. The topological polar surface area (TPSA) is 29.5 Å². The van der Waals surface area contributed by atoms with E-state index in [1.54, 1.807) is 7.11 Å². The second-order valence-electron chi connectivity index (χ2n) is 3.95. The van der Waals surface area contributed by atoms with Gasteiger partial charge in [-0.25, -0.2) is 0 Å². The van der Waals surface area contributed by atoms with Gasteiger partial charge in [0, 0.05) is 11.3 Å². The molecular formula is C15H14O2S. The number of benzene rings is 1. The Balaban J connectivity index is 2.44. The third-order valence-corrected chi connectivity index (χ3v) is 3.88. The molecule has 1 aromatic carbocycles. The predicted molar refractivity (Wildman–Crippen MR) is 73.8 cm³/mol. The summed E-state index contributed by atoms with van der Waals surface area (Å²) < 4.78 is 5.11. The Hall–Kier alpha value is -1.76. The molecule has 0 radical (unpaired) electrons. The van der Waals surface area contributed by atoms with E-state index in [0.717, 1.165) is 16.2 Å². The Morgan fingerprint density at radius 2 is 2.06 bits per heavy atom. The fraction of sp³-hybridized carbons (Fsp3) is 0.200. The lowest BCUT2D eigenvalue weighted by Gasteiger charge is -2.25. The first-order valence-electron chi connectivity index (χ1n) is 5.55. The Morgan fingerprint density at radius 1 is 1.33 bits per heavy atom. The van der Waals surface area contributed by atoms with Crippen molar-refractivity contribution >= 4 is 11.3 Å². The van der Waals surface area contributed by atoms with Gasteiger partial charge >= 0.3 is 0 Å². The van der Waals surface area contributed by atoms with E-state index in [2.05, 4.69) is 5.92 Å². The van der Waals surface area contributed by atoms with Gasteiger partial charge in [0.25, 0.3) is 0 Å². The highest BCUT2D eigenvalue weighted by Gasteiger charge is 2.31. The highest BCUT2D eigenvalue weighted by Crippen LogP contribution is 2.36. The fourth-order valence-corrected chi connectivity index (χ4v) is 2.71. The number of methoxy groups -OCH3 is 1. The number of hydrogen-bond acceptors (Lipinski definition) is 3. The first kappa shape index (κ1) is 12.7. The van der Waals surface area contributed by atoms with Crippen LogP contribution in [0.4, 0.5) is 0 Å². The maximum Gasteiger partial charge on any atom is 0.135 e. The molecule has 0 amide bonds. The Morgan fingerprint density at radius 3 is 2.56 bits per heavy atom. The minimum Gasteiger partial charge on any atom is -0.497 e. The van der Waals surface area contributed by atoms with Gasteiger partial charge in [0.1, 0.15) is 11.4 Å². The standard InChI is InChI=1S/C15H14O2S/c1-3-10-15(16,14-5-4-11-18-14)12-6-8-13(17-2)9-7-12/h1,4-9,11,16H,10H2,2H3. The third-order valence-electron chi connectivity index (χ3n) is 2.85. The number of terminal acetylenes is 1. The largest absolute Gasteiger partial charge is 0.497 e. The lowest BCUT2D eigenvalue weighted by molar-refractivity contribution is 0.0904. The molecule has 1 N–H and O–H groups in total. The van der Waals surface area contributed by atoms with Crippen LogP contribution in [0.5, 0.6) is 5.75 Å². The molecule has 0 aliphatic heterocycles. The zero-order valence-corrected chi connectivity index (χ0v) is 10.9. The maximum atomic E-state index is 10.8. The van der Waals surface area contributed by atoms with Gasteiger partial charge in [-0.15, -0.1) is 23.7 Å². The molecule has 0 aliphatic carbocycles. The van der Waals surface area contributed by atoms with Crippen LogP contribution in [0.1, 0.15) is 16.9 Å². The fourth-order valence-electron chi connectivity index (χ4n) is 1.86. The smallest absolute Gasteiger partial charge is 0.135 e. The molecule has 0 saturated carbocycles. The summed E-state index contributed by atoms with van der Waals surface area (Å²) in [6.45, 7) is 0. The molecule has 3 heteroatoms. The van der Waals surface area contributed by atoms with Crippen LogP contribution in [-0.2, 0) is 5.60 Å². The quantitative estimate of drug-likeness (QED) is 0.854. The predicted octanol–water partition coefficient (Wildman–Crippen LogP) is 3.02. The van der Waals surface area contributed by atoms with E-state index in [1.807, 2.05) is 41.8 Å². The van der Waals surface area contributed by atoms with Crippen molar-refractivity contribution in [2.45, 2.75) is 12.0 Å². The number of aliphatic hydroxyl groups is 1. The van der Waals surface area contributed by atoms with Gasteiger partial charge in [-0.2, -0.15) is 0 Å². The Kier molecular flexibility index (Phi) is 3.71. The summed E-state index contributed by atoms with van der Waals surface area (Å²) in [6, 6.07) is 11.1. The second-order valence-corrected chi connectivity index (χ2v) is 4.89. The zero-order chi connectivity index (χ0) is 13.0. The average molecular weight is 258 g/mol. The molecule has 0 aliphatic rings. The Bertz CT molecular complexity index is 537. The van der Waals surface area contributed by atoms with Gasteiger partial charge < -0.3 is 9.84 Å². The van der Waals surface area contributed by atoms with E-state index in [1.165, 1.54) is 11.3 Å². The van der Waals surface area contributed by atoms with Crippen molar-refractivity contribution in [2.24, 2.45) is 0 Å². The summed E-state index contributed by atoms with van der Waals surface area (Å²) in [5.74, 6) is 3.31. The van der Waals surface area contributed by atoms with Crippen LogP contribution in [0.3, 0.4) is 0 Å². The lowest BCUT2D eigenvalue weighted by Crippen LogP contribution is -2.25. The number of ether oxygens (including phenoxy) is 1. The molecule has 0 spiro atoms. The van der Waals surface area contributed by atoms with Crippen LogP contribution in [-0.4, -0.2) is 12.2 Å². The summed E-state index contributed by atoms with van der Waals surface area (Å²) in [5.41, 5.74) is -0.335. The van der Waals surface area contributed by atoms with Gasteiger partial charge in [-0.3, -0.25) is 0 Å². The lowest BCUT2D eigenvalue weighted by atomic mass is 9.89. The van der Waals surface area contributed by atoms with Crippen LogP contribution < -0.4 is 4.74 Å². The molecule has 1 atom stereocenters. The molecule has 1 heterocycles. The molecular weight excluding hydrogens is 244 g/mol. The minimum atomic E-state index is -1.12. The number of rotatable bonds is 4. The molecule has 1 unspecified atom stereocenters. The first-order chi connectivity index (χ1) is 8.70. The molecule has 0 saturated heterocycles. The first-order valence-corrected chi connectivity index (χ1v) is 6.43. The van der Waals surface area contributed by atoms with E-state index in [0.29, 0.717) is 0 Å². The Labute approximate surface area is 111 Å².